The van der Waals surface area contributed by atoms with Crippen molar-refractivity contribution < 1.29 is 4.79 Å². The molecule has 108 valence electrons. The van der Waals surface area contributed by atoms with Crippen molar-refractivity contribution in [2.24, 2.45) is 5.73 Å². The van der Waals surface area contributed by atoms with Crippen molar-refractivity contribution >= 4 is 16.9 Å². The van der Waals surface area contributed by atoms with Gasteiger partial charge in [0.1, 0.15) is 0 Å². The molecule has 0 aliphatic rings. The van der Waals surface area contributed by atoms with Gasteiger partial charge < -0.3 is 21.0 Å². The monoisotopic (exact) mass is 276 g/mol. The molecule has 1 aromatic carbocycles. The average Bonchev–Trinajstić information content (AvgIpc) is 2.77. The first kappa shape index (κ1) is 14.3. The summed E-state index contributed by atoms with van der Waals surface area (Å²) < 4.78 is 0. The number of amides is 1. The number of fused-ring (bicyclic) bond motifs is 1. The normalized spacial score (nSPS) is 14.2. The Labute approximate surface area is 116 Å². The van der Waals surface area contributed by atoms with Crippen molar-refractivity contribution in [3.05, 3.63) is 34.2 Å². The second kappa shape index (κ2) is 5.92. The zero-order valence-electron chi connectivity index (χ0n) is 11.7. The number of H-pyrrole nitrogens is 2. The number of benzene rings is 1. The Balaban J connectivity index is 2.12. The van der Waals surface area contributed by atoms with E-state index >= 15 is 0 Å². The Morgan fingerprint density at radius 1 is 1.35 bits per heavy atom. The summed E-state index contributed by atoms with van der Waals surface area (Å²) in [6.07, 6.45) is 1.54. The molecule has 20 heavy (non-hydrogen) atoms. The molecule has 1 heterocycles. The summed E-state index contributed by atoms with van der Waals surface area (Å²) >= 11 is 0. The molecule has 0 fully saturated rings. The third-order valence-electron chi connectivity index (χ3n) is 3.34. The number of hydrogen-bond donors (Lipinski definition) is 4. The summed E-state index contributed by atoms with van der Waals surface area (Å²) in [7, 11) is 0. The van der Waals surface area contributed by atoms with Gasteiger partial charge in [0.25, 0.3) is 0 Å². The van der Waals surface area contributed by atoms with E-state index in [1.54, 1.807) is 0 Å². The summed E-state index contributed by atoms with van der Waals surface area (Å²) in [5, 5.41) is 2.89. The number of carbonyl (C=O) groups excluding carboxylic acids is 1. The number of imidazole rings is 1. The second-order valence-corrected chi connectivity index (χ2v) is 5.01. The van der Waals surface area contributed by atoms with Crippen LogP contribution >= 0.6 is 0 Å². The zero-order valence-corrected chi connectivity index (χ0v) is 11.7. The van der Waals surface area contributed by atoms with Crippen LogP contribution in [0.25, 0.3) is 11.0 Å². The van der Waals surface area contributed by atoms with Gasteiger partial charge >= 0.3 is 5.69 Å². The van der Waals surface area contributed by atoms with Crippen molar-refractivity contribution in [1.29, 1.82) is 0 Å². The van der Waals surface area contributed by atoms with Crippen LogP contribution in [0.3, 0.4) is 0 Å². The third-order valence-corrected chi connectivity index (χ3v) is 3.34. The van der Waals surface area contributed by atoms with Gasteiger partial charge in [-0.05, 0) is 31.0 Å². The summed E-state index contributed by atoms with van der Waals surface area (Å²) in [4.78, 5) is 28.5. The molecule has 5 N–H and O–H groups in total. The van der Waals surface area contributed by atoms with Gasteiger partial charge in [-0.2, -0.15) is 0 Å². The van der Waals surface area contributed by atoms with E-state index in [1.807, 2.05) is 32.0 Å². The largest absolute Gasteiger partial charge is 0.348 e. The molecule has 2 rings (SSSR count). The predicted octanol–water partition coefficient (Wildman–Crippen LogP) is 1.16. The van der Waals surface area contributed by atoms with E-state index in [9.17, 15) is 9.59 Å². The van der Waals surface area contributed by atoms with Crippen LogP contribution in [-0.4, -0.2) is 21.9 Å². The number of nitrogens with two attached hydrogens (primary N) is 1. The van der Waals surface area contributed by atoms with Crippen molar-refractivity contribution in [2.75, 3.05) is 0 Å². The lowest BCUT2D eigenvalue weighted by Crippen LogP contribution is -2.41. The van der Waals surface area contributed by atoms with E-state index in [-0.39, 0.29) is 17.6 Å². The Morgan fingerprint density at radius 2 is 2.05 bits per heavy atom. The molecule has 0 aliphatic carbocycles. The lowest BCUT2D eigenvalue weighted by atomic mass is 10.1. The number of hydrogen-bond acceptors (Lipinski definition) is 3. The van der Waals surface area contributed by atoms with Crippen molar-refractivity contribution in [2.45, 2.75) is 38.8 Å². The van der Waals surface area contributed by atoms with Crippen LogP contribution in [-0.2, 0) is 4.79 Å². The molecule has 0 aliphatic heterocycles. The van der Waals surface area contributed by atoms with Crippen LogP contribution < -0.4 is 16.7 Å². The summed E-state index contributed by atoms with van der Waals surface area (Å²) in [5.74, 6) is -0.151. The number of aromatic nitrogens is 2. The number of rotatable bonds is 5. The Hall–Kier alpha value is -2.08. The Bertz CT molecular complexity index is 658. The third kappa shape index (κ3) is 3.08. The summed E-state index contributed by atoms with van der Waals surface area (Å²) in [6.45, 7) is 3.88. The zero-order chi connectivity index (χ0) is 14.7. The maximum Gasteiger partial charge on any atom is 0.323 e. The average molecular weight is 276 g/mol. The molecule has 6 nitrogen and oxygen atoms in total. The van der Waals surface area contributed by atoms with Crippen LogP contribution in [0.1, 0.15) is 38.3 Å². The van der Waals surface area contributed by atoms with E-state index in [4.69, 9.17) is 5.73 Å². The van der Waals surface area contributed by atoms with Gasteiger partial charge in [0, 0.05) is 0 Å². The van der Waals surface area contributed by atoms with E-state index in [0.717, 1.165) is 23.0 Å². The molecule has 2 aromatic rings. The Morgan fingerprint density at radius 3 is 2.75 bits per heavy atom. The first-order chi connectivity index (χ1) is 9.51. The van der Waals surface area contributed by atoms with E-state index < -0.39 is 6.04 Å². The minimum Gasteiger partial charge on any atom is -0.348 e. The summed E-state index contributed by atoms with van der Waals surface area (Å²) in [5.41, 5.74) is 7.95. The molecule has 1 amide bonds. The summed E-state index contributed by atoms with van der Waals surface area (Å²) in [6, 6.07) is 4.91. The fraction of sp³-hybridized carbons (Fsp3) is 0.429. The number of carbonyl (C=O) groups is 1. The van der Waals surface area contributed by atoms with Gasteiger partial charge in [0.2, 0.25) is 5.91 Å². The van der Waals surface area contributed by atoms with Crippen LogP contribution in [0.2, 0.25) is 0 Å². The maximum atomic E-state index is 11.9. The second-order valence-electron chi connectivity index (χ2n) is 5.01. The lowest BCUT2D eigenvalue weighted by molar-refractivity contribution is -0.123. The highest BCUT2D eigenvalue weighted by atomic mass is 16.2. The van der Waals surface area contributed by atoms with Crippen molar-refractivity contribution in [3.8, 4) is 0 Å². The quantitative estimate of drug-likeness (QED) is 0.658. The standard InChI is InChI=1S/C14H20N4O2/c1-3-4-10(15)13(19)16-8(2)9-5-6-11-12(7-9)18-14(20)17-11/h5-8,10H,3-4,15H2,1-2H3,(H,16,19)(H2,17,18,20)/t8?,10-/m0/s1. The SMILES string of the molecule is CCC[C@H](N)C(=O)NC(C)c1ccc2[nH]c(=O)[nH]c2c1. The van der Waals surface area contributed by atoms with Gasteiger partial charge in [0.05, 0.1) is 23.1 Å². The molecule has 2 atom stereocenters. The van der Waals surface area contributed by atoms with Crippen LogP contribution in [0.15, 0.2) is 23.0 Å². The smallest absolute Gasteiger partial charge is 0.323 e. The predicted molar refractivity (Wildman–Crippen MR) is 78.4 cm³/mol. The molecule has 0 radical (unpaired) electrons. The molecule has 1 aromatic heterocycles. The molecule has 0 spiro atoms. The topological polar surface area (TPSA) is 104 Å². The molecular formula is C14H20N4O2. The first-order valence-corrected chi connectivity index (χ1v) is 6.79. The number of nitrogens with one attached hydrogen (secondary N) is 3. The minimum atomic E-state index is -0.474. The minimum absolute atomic E-state index is 0.151. The van der Waals surface area contributed by atoms with Crippen LogP contribution in [0.5, 0.6) is 0 Å². The van der Waals surface area contributed by atoms with Gasteiger partial charge in [-0.1, -0.05) is 19.4 Å². The highest BCUT2D eigenvalue weighted by molar-refractivity contribution is 5.82. The molecule has 0 saturated heterocycles. The lowest BCUT2D eigenvalue weighted by Gasteiger charge is -2.17. The maximum absolute atomic E-state index is 11.9. The van der Waals surface area contributed by atoms with E-state index in [0.29, 0.717) is 6.42 Å². The molecule has 0 bridgehead atoms. The fourth-order valence-electron chi connectivity index (χ4n) is 2.17. The number of aromatic amines is 2. The van der Waals surface area contributed by atoms with Gasteiger partial charge in [-0.3, -0.25) is 4.79 Å². The van der Waals surface area contributed by atoms with Gasteiger partial charge in [-0.25, -0.2) is 4.79 Å². The first-order valence-electron chi connectivity index (χ1n) is 6.79. The Kier molecular flexibility index (Phi) is 4.24. The highest BCUT2D eigenvalue weighted by Crippen LogP contribution is 2.17. The molecule has 1 unspecified atom stereocenters. The molecular weight excluding hydrogens is 256 g/mol. The van der Waals surface area contributed by atoms with Crippen molar-refractivity contribution in [1.82, 2.24) is 15.3 Å². The molecule has 0 saturated carbocycles. The van der Waals surface area contributed by atoms with E-state index in [2.05, 4.69) is 15.3 Å². The molecule has 6 heteroatoms. The van der Waals surface area contributed by atoms with Crippen LogP contribution in [0, 0.1) is 0 Å². The fourth-order valence-corrected chi connectivity index (χ4v) is 2.17. The van der Waals surface area contributed by atoms with Gasteiger partial charge in [-0.15, -0.1) is 0 Å². The van der Waals surface area contributed by atoms with Gasteiger partial charge in [0.15, 0.2) is 0 Å². The van der Waals surface area contributed by atoms with Crippen molar-refractivity contribution in [3.63, 3.8) is 0 Å². The van der Waals surface area contributed by atoms with Crippen LogP contribution in [0.4, 0.5) is 0 Å². The highest BCUT2D eigenvalue weighted by Gasteiger charge is 2.16. The van der Waals surface area contributed by atoms with E-state index in [1.165, 1.54) is 0 Å².